The molecule has 1 N–H and O–H groups in total. The zero-order chi connectivity index (χ0) is 15.6. The van der Waals surface area contributed by atoms with Crippen molar-refractivity contribution in [2.24, 2.45) is 0 Å². The summed E-state index contributed by atoms with van der Waals surface area (Å²) < 4.78 is 58.9. The van der Waals surface area contributed by atoms with Gasteiger partial charge in [0.15, 0.2) is 10.1 Å². The molecule has 1 saturated heterocycles. The van der Waals surface area contributed by atoms with Crippen LogP contribution in [0.4, 0.5) is 13.2 Å². The van der Waals surface area contributed by atoms with E-state index in [2.05, 4.69) is 6.92 Å². The van der Waals surface area contributed by atoms with Crippen LogP contribution in [0.2, 0.25) is 0 Å². The van der Waals surface area contributed by atoms with E-state index in [9.17, 15) is 13.2 Å². The Labute approximate surface area is 119 Å². The highest BCUT2D eigenvalue weighted by atomic mass is 32.2. The summed E-state index contributed by atoms with van der Waals surface area (Å²) in [7, 11) is -6.09. The Balaban J connectivity index is 0.000000396. The molecule has 0 spiro atoms. The molecule has 122 valence electrons. The topological polar surface area (TPSA) is 61.6 Å². The quantitative estimate of drug-likeness (QED) is 0.476. The summed E-state index contributed by atoms with van der Waals surface area (Å²) in [4.78, 5) is 1.87. The van der Waals surface area contributed by atoms with Crippen molar-refractivity contribution in [1.29, 1.82) is 0 Å². The Morgan fingerprint density at radius 2 is 1.55 bits per heavy atom. The molecule has 0 atom stereocenters. The Hall–Kier alpha value is -0.340. The van der Waals surface area contributed by atoms with Crippen LogP contribution in [0.3, 0.4) is 0 Å². The molecule has 0 amide bonds. The molecule has 0 radical (unpaired) electrons. The Morgan fingerprint density at radius 1 is 1.05 bits per heavy atom. The smallest absolute Gasteiger partial charge is 0.485 e. The van der Waals surface area contributed by atoms with Crippen molar-refractivity contribution in [3.63, 3.8) is 0 Å². The maximum atomic E-state index is 10.7. The summed E-state index contributed by atoms with van der Waals surface area (Å²) in [6, 6.07) is 0. The summed E-state index contributed by atoms with van der Waals surface area (Å²) in [5.41, 5.74) is -5.65. The molecule has 1 rings (SSSR count). The predicted molar refractivity (Wildman–Crippen MR) is 69.3 cm³/mol. The average Bonchev–Trinajstić information content (AvgIpc) is 2.34. The van der Waals surface area contributed by atoms with Crippen molar-refractivity contribution in [1.82, 2.24) is 0 Å². The second-order valence-corrected chi connectivity index (χ2v) is 6.39. The molecule has 20 heavy (non-hydrogen) atoms. The van der Waals surface area contributed by atoms with E-state index in [1.165, 1.54) is 64.6 Å². The lowest BCUT2D eigenvalue weighted by molar-refractivity contribution is -0.905. The number of hydrogen-bond donors (Lipinski definition) is 1. The third-order valence-corrected chi connectivity index (χ3v) is 3.79. The molecule has 8 heteroatoms. The van der Waals surface area contributed by atoms with Crippen LogP contribution < -0.4 is 4.90 Å². The Morgan fingerprint density at radius 3 is 1.95 bits per heavy atom. The molecule has 1 aliphatic heterocycles. The molecule has 0 unspecified atom stereocenters. The van der Waals surface area contributed by atoms with Gasteiger partial charge in [0.2, 0.25) is 0 Å². The lowest BCUT2D eigenvalue weighted by Gasteiger charge is -2.23. The SMILES string of the molecule is CCCCCC[NH+]1CCCCC1.O=S(=O)([O-])C(F)(F)F. The van der Waals surface area contributed by atoms with Crippen LogP contribution in [-0.2, 0) is 10.1 Å². The minimum Gasteiger partial charge on any atom is -0.741 e. The van der Waals surface area contributed by atoms with Crippen molar-refractivity contribution in [3.05, 3.63) is 0 Å². The highest BCUT2D eigenvalue weighted by molar-refractivity contribution is 7.86. The summed E-state index contributed by atoms with van der Waals surface area (Å²) >= 11 is 0. The Bertz CT molecular complexity index is 338. The number of likely N-dealkylation sites (tertiary alicyclic amines) is 1. The molecular formula is C12H24F3NO3S. The minimum absolute atomic E-state index is 1.37. The third-order valence-electron chi connectivity index (χ3n) is 3.23. The lowest BCUT2D eigenvalue weighted by Crippen LogP contribution is -3.12. The van der Waals surface area contributed by atoms with Gasteiger partial charge in [-0.05, 0) is 32.1 Å². The van der Waals surface area contributed by atoms with E-state index in [-0.39, 0.29) is 0 Å². The number of piperidine rings is 1. The molecule has 0 aromatic rings. The van der Waals surface area contributed by atoms with Gasteiger partial charge in [0.05, 0.1) is 19.6 Å². The number of quaternary nitrogens is 1. The first-order valence-electron chi connectivity index (χ1n) is 7.04. The Kier molecular flexibility index (Phi) is 9.41. The van der Waals surface area contributed by atoms with E-state index in [1.807, 2.05) is 4.90 Å². The van der Waals surface area contributed by atoms with Crippen molar-refractivity contribution in [3.8, 4) is 0 Å². The van der Waals surface area contributed by atoms with E-state index in [4.69, 9.17) is 13.0 Å². The number of halogens is 3. The molecule has 1 heterocycles. The standard InChI is InChI=1S/C11H23N.CHF3O3S/c1-2-3-4-6-9-12-10-7-5-8-11-12;2-1(3,4)8(5,6)7/h2-11H2,1H3;(H,5,6,7). The van der Waals surface area contributed by atoms with Gasteiger partial charge in [-0.3, -0.25) is 0 Å². The first kappa shape index (κ1) is 19.7. The summed E-state index contributed by atoms with van der Waals surface area (Å²) in [6.07, 6.45) is 10.2. The molecule has 0 aromatic carbocycles. The first-order chi connectivity index (χ1) is 9.18. The zero-order valence-corrected chi connectivity index (χ0v) is 12.7. The van der Waals surface area contributed by atoms with E-state index in [1.54, 1.807) is 0 Å². The van der Waals surface area contributed by atoms with Crippen LogP contribution in [-0.4, -0.2) is 38.1 Å². The molecule has 0 bridgehead atoms. The second kappa shape index (κ2) is 9.57. The molecule has 0 saturated carbocycles. The van der Waals surface area contributed by atoms with Crippen molar-refractivity contribution >= 4 is 10.1 Å². The average molecular weight is 319 g/mol. The fourth-order valence-corrected chi connectivity index (χ4v) is 2.10. The predicted octanol–water partition coefficient (Wildman–Crippen LogP) is 1.69. The van der Waals surface area contributed by atoms with Crippen LogP contribution in [0, 0.1) is 0 Å². The van der Waals surface area contributed by atoms with Crippen molar-refractivity contribution in [2.45, 2.75) is 57.4 Å². The maximum absolute atomic E-state index is 10.7. The van der Waals surface area contributed by atoms with E-state index in [0.717, 1.165) is 0 Å². The largest absolute Gasteiger partial charge is 0.741 e. The summed E-state index contributed by atoms with van der Waals surface area (Å²) in [5.74, 6) is 0. The number of alkyl halides is 3. The van der Waals surface area contributed by atoms with E-state index < -0.39 is 15.6 Å². The van der Waals surface area contributed by atoms with Crippen LogP contribution in [0.5, 0.6) is 0 Å². The number of hydrogen-bond acceptors (Lipinski definition) is 3. The highest BCUT2D eigenvalue weighted by Gasteiger charge is 2.36. The highest BCUT2D eigenvalue weighted by Crippen LogP contribution is 2.20. The van der Waals surface area contributed by atoms with E-state index in [0.29, 0.717) is 0 Å². The monoisotopic (exact) mass is 319 g/mol. The molecule has 4 nitrogen and oxygen atoms in total. The molecule has 1 aliphatic rings. The van der Waals surface area contributed by atoms with Crippen LogP contribution >= 0.6 is 0 Å². The number of unbranched alkanes of at least 4 members (excludes halogenated alkanes) is 3. The van der Waals surface area contributed by atoms with Gasteiger partial charge in [-0.15, -0.1) is 0 Å². The third kappa shape index (κ3) is 9.55. The van der Waals surface area contributed by atoms with Gasteiger partial charge in [-0.2, -0.15) is 13.2 Å². The van der Waals surface area contributed by atoms with Gasteiger partial charge >= 0.3 is 5.51 Å². The normalized spacial score (nSPS) is 17.4. The van der Waals surface area contributed by atoms with E-state index >= 15 is 0 Å². The van der Waals surface area contributed by atoms with Crippen molar-refractivity contribution < 1.29 is 31.0 Å². The van der Waals surface area contributed by atoms with Gasteiger partial charge in [0.1, 0.15) is 0 Å². The van der Waals surface area contributed by atoms with Gasteiger partial charge in [-0.1, -0.05) is 19.8 Å². The fraction of sp³-hybridized carbons (Fsp3) is 1.00. The molecular weight excluding hydrogens is 295 g/mol. The molecule has 1 fully saturated rings. The fourth-order valence-electron chi connectivity index (χ4n) is 2.10. The summed E-state index contributed by atoms with van der Waals surface area (Å²) in [6.45, 7) is 6.63. The van der Waals surface area contributed by atoms with Crippen LogP contribution in [0.15, 0.2) is 0 Å². The van der Waals surface area contributed by atoms with Gasteiger partial charge in [0, 0.05) is 0 Å². The van der Waals surface area contributed by atoms with Gasteiger partial charge in [0.25, 0.3) is 0 Å². The van der Waals surface area contributed by atoms with Crippen LogP contribution in [0.1, 0.15) is 51.9 Å². The van der Waals surface area contributed by atoms with Crippen molar-refractivity contribution in [2.75, 3.05) is 19.6 Å². The molecule has 0 aliphatic carbocycles. The zero-order valence-electron chi connectivity index (χ0n) is 11.8. The minimum atomic E-state index is -6.09. The lowest BCUT2D eigenvalue weighted by atomic mass is 10.1. The van der Waals surface area contributed by atoms with Gasteiger partial charge < -0.3 is 9.45 Å². The van der Waals surface area contributed by atoms with Crippen LogP contribution in [0.25, 0.3) is 0 Å². The van der Waals surface area contributed by atoms with Gasteiger partial charge in [-0.25, -0.2) is 8.42 Å². The number of nitrogens with one attached hydrogen (secondary N) is 1. The maximum Gasteiger partial charge on any atom is 0.485 e. The summed E-state index contributed by atoms with van der Waals surface area (Å²) in [5, 5.41) is 0. The first-order valence-corrected chi connectivity index (χ1v) is 8.45. The second-order valence-electron chi connectivity index (χ2n) is 5.02. The number of rotatable bonds is 5. The molecule has 0 aromatic heterocycles.